The van der Waals surface area contributed by atoms with Crippen molar-refractivity contribution in [3.63, 3.8) is 0 Å². The fourth-order valence-corrected chi connectivity index (χ4v) is 3.63. The van der Waals surface area contributed by atoms with Crippen molar-refractivity contribution in [3.05, 3.63) is 21.9 Å². The van der Waals surface area contributed by atoms with Gasteiger partial charge in [-0.3, -0.25) is 0 Å². The molecule has 1 fully saturated rings. The summed E-state index contributed by atoms with van der Waals surface area (Å²) in [4.78, 5) is 4.11. The minimum absolute atomic E-state index is 0.400. The Labute approximate surface area is 119 Å². The number of nitrogens with one attached hydrogen (secondary N) is 1. The van der Waals surface area contributed by atoms with E-state index in [4.69, 9.17) is 23.2 Å². The second-order valence-electron chi connectivity index (χ2n) is 6.23. The zero-order chi connectivity index (χ0) is 13.5. The van der Waals surface area contributed by atoms with Gasteiger partial charge in [-0.2, -0.15) is 0 Å². The van der Waals surface area contributed by atoms with E-state index in [2.05, 4.69) is 31.1 Å². The van der Waals surface area contributed by atoms with Gasteiger partial charge in [0.1, 0.15) is 5.15 Å². The number of anilines is 1. The highest BCUT2D eigenvalue weighted by Gasteiger charge is 2.37. The van der Waals surface area contributed by atoms with Gasteiger partial charge in [0.2, 0.25) is 0 Å². The predicted molar refractivity (Wildman–Crippen MR) is 78.6 cm³/mol. The van der Waals surface area contributed by atoms with Crippen molar-refractivity contribution < 1.29 is 0 Å². The third-order valence-corrected chi connectivity index (χ3v) is 4.27. The molecule has 2 nitrogen and oxygen atoms in total. The molecule has 2 rings (SSSR count). The van der Waals surface area contributed by atoms with Crippen LogP contribution in [-0.4, -0.2) is 11.0 Å². The van der Waals surface area contributed by atoms with Gasteiger partial charge < -0.3 is 5.32 Å². The van der Waals surface area contributed by atoms with Crippen LogP contribution in [0.25, 0.3) is 0 Å². The molecule has 18 heavy (non-hydrogen) atoms. The van der Waals surface area contributed by atoms with Crippen molar-refractivity contribution in [2.75, 3.05) is 5.32 Å². The summed E-state index contributed by atoms with van der Waals surface area (Å²) in [5, 5.41) is 4.47. The summed E-state index contributed by atoms with van der Waals surface area (Å²) < 4.78 is 0. The van der Waals surface area contributed by atoms with Gasteiger partial charge in [0, 0.05) is 6.04 Å². The maximum atomic E-state index is 6.17. The fraction of sp³-hybridized carbons (Fsp3) is 0.643. The summed E-state index contributed by atoms with van der Waals surface area (Å²) in [5.41, 5.74) is 2.38. The molecule has 2 unspecified atom stereocenters. The Hall–Kier alpha value is -0.470. The first kappa shape index (κ1) is 14.0. The van der Waals surface area contributed by atoms with Crippen molar-refractivity contribution in [1.82, 2.24) is 4.98 Å². The molecule has 1 heterocycles. The van der Waals surface area contributed by atoms with Crippen LogP contribution >= 0.6 is 23.2 Å². The van der Waals surface area contributed by atoms with Crippen molar-refractivity contribution in [3.8, 4) is 0 Å². The van der Waals surface area contributed by atoms with E-state index in [1.165, 1.54) is 6.42 Å². The lowest BCUT2D eigenvalue weighted by Gasteiger charge is -2.21. The van der Waals surface area contributed by atoms with Gasteiger partial charge in [-0.25, -0.2) is 4.98 Å². The smallest absolute Gasteiger partial charge is 0.154 e. The third kappa shape index (κ3) is 2.92. The molecule has 1 aromatic rings. The van der Waals surface area contributed by atoms with Crippen molar-refractivity contribution in [1.29, 1.82) is 0 Å². The lowest BCUT2D eigenvalue weighted by atomic mass is 9.91. The standard InChI is InChI=1S/C14H20Cl2N2/c1-8-5-11(15)18-13(16)12(8)17-10-7-14(3,4)6-9(10)2/h5,9-10,17H,6-7H2,1-4H3. The van der Waals surface area contributed by atoms with Gasteiger partial charge in [0.05, 0.1) is 5.69 Å². The minimum atomic E-state index is 0.400. The molecular weight excluding hydrogens is 267 g/mol. The number of halogens is 2. The third-order valence-electron chi connectivity index (χ3n) is 3.80. The molecule has 1 N–H and O–H groups in total. The highest BCUT2D eigenvalue weighted by Crippen LogP contribution is 2.43. The molecule has 0 saturated heterocycles. The molecule has 2 atom stereocenters. The van der Waals surface area contributed by atoms with Crippen LogP contribution in [0.2, 0.25) is 10.3 Å². The predicted octanol–water partition coefficient (Wildman–Crippen LogP) is 4.93. The van der Waals surface area contributed by atoms with E-state index < -0.39 is 0 Å². The van der Waals surface area contributed by atoms with Crippen LogP contribution in [0, 0.1) is 18.3 Å². The van der Waals surface area contributed by atoms with E-state index in [1.807, 2.05) is 13.0 Å². The number of aryl methyl sites for hydroxylation is 1. The highest BCUT2D eigenvalue weighted by molar-refractivity contribution is 6.34. The summed E-state index contributed by atoms with van der Waals surface area (Å²) >= 11 is 12.1. The molecular formula is C14H20Cl2N2. The SMILES string of the molecule is Cc1cc(Cl)nc(Cl)c1NC1CC(C)(C)CC1C. The Morgan fingerprint density at radius 1 is 1.33 bits per heavy atom. The molecule has 0 amide bonds. The van der Waals surface area contributed by atoms with Gasteiger partial charge in [-0.05, 0) is 42.7 Å². The molecule has 100 valence electrons. The van der Waals surface area contributed by atoms with Gasteiger partial charge in [0.15, 0.2) is 5.15 Å². The average Bonchev–Trinajstić information content (AvgIpc) is 2.45. The highest BCUT2D eigenvalue weighted by atomic mass is 35.5. The molecule has 1 aliphatic carbocycles. The van der Waals surface area contributed by atoms with Gasteiger partial charge in [-0.15, -0.1) is 0 Å². The molecule has 0 radical (unpaired) electrons. The summed E-state index contributed by atoms with van der Waals surface area (Å²) in [7, 11) is 0. The average molecular weight is 287 g/mol. The van der Waals surface area contributed by atoms with E-state index in [1.54, 1.807) is 0 Å². The zero-order valence-corrected chi connectivity index (χ0v) is 12.9. The van der Waals surface area contributed by atoms with Gasteiger partial charge in [0.25, 0.3) is 0 Å². The Balaban J connectivity index is 2.20. The van der Waals surface area contributed by atoms with Crippen LogP contribution in [0.15, 0.2) is 6.07 Å². The lowest BCUT2D eigenvalue weighted by Crippen LogP contribution is -2.23. The van der Waals surface area contributed by atoms with E-state index in [0.29, 0.717) is 27.7 Å². The lowest BCUT2D eigenvalue weighted by molar-refractivity contribution is 0.366. The van der Waals surface area contributed by atoms with E-state index in [0.717, 1.165) is 17.7 Å². The van der Waals surface area contributed by atoms with Crippen LogP contribution in [0.4, 0.5) is 5.69 Å². The first-order valence-electron chi connectivity index (χ1n) is 6.38. The van der Waals surface area contributed by atoms with Crippen LogP contribution in [0.3, 0.4) is 0 Å². The first-order chi connectivity index (χ1) is 8.28. The summed E-state index contributed by atoms with van der Waals surface area (Å²) in [6.07, 6.45) is 2.40. The minimum Gasteiger partial charge on any atom is -0.379 e. The maximum absolute atomic E-state index is 6.17. The molecule has 1 saturated carbocycles. The van der Waals surface area contributed by atoms with Crippen molar-refractivity contribution in [2.45, 2.75) is 46.6 Å². The summed E-state index contributed by atoms with van der Waals surface area (Å²) in [6, 6.07) is 2.31. The second kappa shape index (κ2) is 4.90. The molecule has 0 aliphatic heterocycles. The topological polar surface area (TPSA) is 24.9 Å². The summed E-state index contributed by atoms with van der Waals surface area (Å²) in [6.45, 7) is 8.94. The van der Waals surface area contributed by atoms with E-state index >= 15 is 0 Å². The Morgan fingerprint density at radius 3 is 2.50 bits per heavy atom. The van der Waals surface area contributed by atoms with Crippen molar-refractivity contribution >= 4 is 28.9 Å². The number of rotatable bonds is 2. The summed E-state index contributed by atoms with van der Waals surface area (Å²) in [5.74, 6) is 0.645. The molecule has 0 aromatic carbocycles. The number of hydrogen-bond acceptors (Lipinski definition) is 2. The normalized spacial score (nSPS) is 26.3. The molecule has 0 bridgehead atoms. The first-order valence-corrected chi connectivity index (χ1v) is 7.13. The fourth-order valence-electron chi connectivity index (χ4n) is 3.04. The molecule has 1 aliphatic rings. The second-order valence-corrected chi connectivity index (χ2v) is 6.97. The molecule has 1 aromatic heterocycles. The number of pyridine rings is 1. The Bertz CT molecular complexity index is 434. The number of hydrogen-bond donors (Lipinski definition) is 1. The van der Waals surface area contributed by atoms with Crippen LogP contribution in [0.5, 0.6) is 0 Å². The van der Waals surface area contributed by atoms with Crippen LogP contribution < -0.4 is 5.32 Å². The Morgan fingerprint density at radius 2 is 2.00 bits per heavy atom. The quantitative estimate of drug-likeness (QED) is 0.780. The van der Waals surface area contributed by atoms with E-state index in [-0.39, 0.29) is 0 Å². The number of aromatic nitrogens is 1. The van der Waals surface area contributed by atoms with E-state index in [9.17, 15) is 0 Å². The largest absolute Gasteiger partial charge is 0.379 e. The van der Waals surface area contributed by atoms with Gasteiger partial charge >= 0.3 is 0 Å². The molecule has 4 heteroatoms. The molecule has 0 spiro atoms. The maximum Gasteiger partial charge on any atom is 0.154 e. The van der Waals surface area contributed by atoms with Crippen LogP contribution in [0.1, 0.15) is 39.2 Å². The van der Waals surface area contributed by atoms with Gasteiger partial charge in [-0.1, -0.05) is 44.0 Å². The number of nitrogens with zero attached hydrogens (tertiary/aromatic N) is 1. The van der Waals surface area contributed by atoms with Crippen LogP contribution in [-0.2, 0) is 0 Å². The zero-order valence-electron chi connectivity index (χ0n) is 11.3. The Kier molecular flexibility index (Phi) is 3.80. The monoisotopic (exact) mass is 286 g/mol. The van der Waals surface area contributed by atoms with Crippen molar-refractivity contribution in [2.24, 2.45) is 11.3 Å².